The lowest BCUT2D eigenvalue weighted by molar-refractivity contribution is 0.0963. The molecule has 0 spiro atoms. The summed E-state index contributed by atoms with van der Waals surface area (Å²) in [4.78, 5) is 11.6. The van der Waals surface area contributed by atoms with Crippen molar-refractivity contribution in [1.29, 1.82) is 0 Å². The second kappa shape index (κ2) is 6.84. The summed E-state index contributed by atoms with van der Waals surface area (Å²) in [5.74, 6) is -0.244. The molecule has 0 radical (unpaired) electrons. The number of carbonyl (C=O) groups excluding carboxylic acids is 1. The largest absolute Gasteiger partial charge is 0.355 e. The van der Waals surface area contributed by atoms with Crippen molar-refractivity contribution in [2.24, 2.45) is 0 Å². The van der Waals surface area contributed by atoms with Crippen LogP contribution in [0.25, 0.3) is 0 Å². The first-order valence-electron chi connectivity index (χ1n) is 6.73. The van der Waals surface area contributed by atoms with E-state index in [0.29, 0.717) is 12.1 Å². The minimum absolute atomic E-state index is 0.157. The van der Waals surface area contributed by atoms with E-state index in [2.05, 4.69) is 15.4 Å². The van der Waals surface area contributed by atoms with E-state index >= 15 is 0 Å². The third kappa shape index (κ3) is 4.13. The highest BCUT2D eigenvalue weighted by atomic mass is 32.2. The molecule has 0 bridgehead atoms. The molecule has 7 heteroatoms. The molecule has 0 unspecified atom stereocenters. The Balaban J connectivity index is 2.05. The number of benzene rings is 1. The van der Waals surface area contributed by atoms with Crippen LogP contribution in [0.1, 0.15) is 16.8 Å². The van der Waals surface area contributed by atoms with Crippen molar-refractivity contribution in [3.63, 3.8) is 0 Å². The standard InChI is InChI=1S/C14H19N3O3S/c1-15-14(18)12-2-4-13(5-3-12)21(19,20)17-10-11-6-8-16-9-7-11/h2-6,16-17H,7-10H2,1H3,(H,15,18). The summed E-state index contributed by atoms with van der Waals surface area (Å²) < 4.78 is 26.9. The molecule has 21 heavy (non-hydrogen) atoms. The zero-order valence-corrected chi connectivity index (χ0v) is 12.7. The van der Waals surface area contributed by atoms with E-state index in [9.17, 15) is 13.2 Å². The van der Waals surface area contributed by atoms with Gasteiger partial charge in [0.05, 0.1) is 4.90 Å². The fourth-order valence-electron chi connectivity index (χ4n) is 2.03. The van der Waals surface area contributed by atoms with Gasteiger partial charge < -0.3 is 10.6 Å². The maximum Gasteiger partial charge on any atom is 0.251 e. The lowest BCUT2D eigenvalue weighted by atomic mass is 10.1. The molecule has 1 amide bonds. The fraction of sp³-hybridized carbons (Fsp3) is 0.357. The minimum Gasteiger partial charge on any atom is -0.355 e. The molecule has 0 saturated heterocycles. The van der Waals surface area contributed by atoms with Crippen LogP contribution in [0.15, 0.2) is 40.8 Å². The summed E-state index contributed by atoms with van der Waals surface area (Å²) in [5.41, 5.74) is 1.51. The van der Waals surface area contributed by atoms with Crippen molar-refractivity contribution >= 4 is 15.9 Å². The van der Waals surface area contributed by atoms with Crippen LogP contribution in [0.3, 0.4) is 0 Å². The summed E-state index contributed by atoms with van der Waals surface area (Å²) >= 11 is 0. The summed E-state index contributed by atoms with van der Waals surface area (Å²) in [6.07, 6.45) is 2.85. The highest BCUT2D eigenvalue weighted by Crippen LogP contribution is 2.11. The molecule has 0 aliphatic carbocycles. The van der Waals surface area contributed by atoms with Crippen LogP contribution in [-0.2, 0) is 10.0 Å². The third-order valence-corrected chi connectivity index (χ3v) is 4.72. The second-order valence-electron chi connectivity index (χ2n) is 4.74. The van der Waals surface area contributed by atoms with Gasteiger partial charge >= 0.3 is 0 Å². The molecule has 1 aliphatic rings. The molecule has 1 aromatic rings. The molecule has 0 saturated carbocycles. The summed E-state index contributed by atoms with van der Waals surface area (Å²) in [5, 5.41) is 5.66. The van der Waals surface area contributed by atoms with Crippen molar-refractivity contribution in [3.05, 3.63) is 41.5 Å². The number of carbonyl (C=O) groups is 1. The van der Waals surface area contributed by atoms with E-state index in [4.69, 9.17) is 0 Å². The predicted octanol–water partition coefficient (Wildman–Crippen LogP) is 0.244. The highest BCUT2D eigenvalue weighted by molar-refractivity contribution is 7.89. The highest BCUT2D eigenvalue weighted by Gasteiger charge is 2.15. The van der Waals surface area contributed by atoms with Gasteiger partial charge in [0.2, 0.25) is 10.0 Å². The van der Waals surface area contributed by atoms with E-state index in [0.717, 1.165) is 25.1 Å². The Morgan fingerprint density at radius 1 is 1.29 bits per heavy atom. The molecule has 1 aromatic carbocycles. The van der Waals surface area contributed by atoms with Gasteiger partial charge in [-0.15, -0.1) is 0 Å². The Bertz CT molecular complexity index is 636. The van der Waals surface area contributed by atoms with Gasteiger partial charge in [0.15, 0.2) is 0 Å². The van der Waals surface area contributed by atoms with Gasteiger partial charge in [-0.2, -0.15) is 0 Å². The average molecular weight is 309 g/mol. The maximum absolute atomic E-state index is 12.2. The normalized spacial score (nSPS) is 15.4. The lowest BCUT2D eigenvalue weighted by Crippen LogP contribution is -2.29. The van der Waals surface area contributed by atoms with E-state index in [-0.39, 0.29) is 10.8 Å². The van der Waals surface area contributed by atoms with E-state index in [1.807, 2.05) is 6.08 Å². The molecule has 114 valence electrons. The topological polar surface area (TPSA) is 87.3 Å². The van der Waals surface area contributed by atoms with E-state index in [1.54, 1.807) is 0 Å². The maximum atomic E-state index is 12.2. The number of nitrogens with one attached hydrogen (secondary N) is 3. The van der Waals surface area contributed by atoms with Crippen molar-refractivity contribution < 1.29 is 13.2 Å². The Hall–Kier alpha value is -1.70. The first kappa shape index (κ1) is 15.7. The van der Waals surface area contributed by atoms with Gasteiger partial charge in [0.1, 0.15) is 0 Å². The van der Waals surface area contributed by atoms with Gasteiger partial charge in [-0.1, -0.05) is 11.6 Å². The predicted molar refractivity (Wildman–Crippen MR) is 80.6 cm³/mol. The number of hydrogen-bond donors (Lipinski definition) is 3. The Kier molecular flexibility index (Phi) is 5.11. The van der Waals surface area contributed by atoms with Gasteiger partial charge in [-0.25, -0.2) is 13.1 Å². The first-order chi connectivity index (χ1) is 10.0. The number of amides is 1. The van der Waals surface area contributed by atoms with Gasteiger partial charge in [0.25, 0.3) is 5.91 Å². The average Bonchev–Trinajstić information content (AvgIpc) is 2.53. The van der Waals surface area contributed by atoms with Gasteiger partial charge in [-0.05, 0) is 37.2 Å². The molecule has 1 aliphatic heterocycles. The molecule has 0 aromatic heterocycles. The van der Waals surface area contributed by atoms with Crippen molar-refractivity contribution in [2.45, 2.75) is 11.3 Å². The summed E-state index contributed by atoms with van der Waals surface area (Å²) in [6.45, 7) is 1.97. The van der Waals surface area contributed by atoms with Crippen LogP contribution in [0.2, 0.25) is 0 Å². The fourth-order valence-corrected chi connectivity index (χ4v) is 3.07. The molecule has 0 fully saturated rings. The second-order valence-corrected chi connectivity index (χ2v) is 6.51. The Labute approximate surface area is 124 Å². The number of rotatable bonds is 5. The Morgan fingerprint density at radius 3 is 2.57 bits per heavy atom. The smallest absolute Gasteiger partial charge is 0.251 e. The molecule has 1 heterocycles. The summed E-state index contributed by atoms with van der Waals surface area (Å²) in [7, 11) is -2.02. The van der Waals surface area contributed by atoms with Gasteiger partial charge in [0, 0.05) is 25.7 Å². The zero-order chi connectivity index (χ0) is 15.3. The first-order valence-corrected chi connectivity index (χ1v) is 8.21. The summed E-state index contributed by atoms with van der Waals surface area (Å²) in [6, 6.07) is 5.86. The third-order valence-electron chi connectivity index (χ3n) is 3.30. The molecule has 0 atom stereocenters. The molecule has 2 rings (SSSR count). The van der Waals surface area contributed by atoms with Crippen LogP contribution < -0.4 is 15.4 Å². The van der Waals surface area contributed by atoms with Crippen LogP contribution in [0.5, 0.6) is 0 Å². The van der Waals surface area contributed by atoms with E-state index < -0.39 is 10.0 Å². The zero-order valence-electron chi connectivity index (χ0n) is 11.8. The molecule has 6 nitrogen and oxygen atoms in total. The van der Waals surface area contributed by atoms with Crippen LogP contribution in [-0.4, -0.2) is 41.0 Å². The van der Waals surface area contributed by atoms with Crippen LogP contribution >= 0.6 is 0 Å². The number of hydrogen-bond acceptors (Lipinski definition) is 4. The SMILES string of the molecule is CNC(=O)c1ccc(S(=O)(=O)NCC2=CCNCC2)cc1. The minimum atomic E-state index is -3.55. The van der Waals surface area contributed by atoms with Crippen LogP contribution in [0.4, 0.5) is 0 Å². The molecular weight excluding hydrogens is 290 g/mol. The van der Waals surface area contributed by atoms with Crippen LogP contribution in [0, 0.1) is 0 Å². The van der Waals surface area contributed by atoms with Crippen molar-refractivity contribution in [2.75, 3.05) is 26.7 Å². The van der Waals surface area contributed by atoms with Gasteiger partial charge in [-0.3, -0.25) is 4.79 Å². The van der Waals surface area contributed by atoms with Crippen molar-refractivity contribution in [1.82, 2.24) is 15.4 Å². The molecule has 3 N–H and O–H groups in total. The lowest BCUT2D eigenvalue weighted by Gasteiger charge is -2.14. The Morgan fingerprint density at radius 2 is 2.00 bits per heavy atom. The van der Waals surface area contributed by atoms with Crippen molar-refractivity contribution in [3.8, 4) is 0 Å². The quantitative estimate of drug-likeness (QED) is 0.680. The molecular formula is C14H19N3O3S. The number of sulfonamides is 1. The monoisotopic (exact) mass is 309 g/mol. The van der Waals surface area contributed by atoms with E-state index in [1.165, 1.54) is 31.3 Å².